The fourth-order valence-corrected chi connectivity index (χ4v) is 5.77. The van der Waals surface area contributed by atoms with Crippen LogP contribution in [0.25, 0.3) is 0 Å². The topological polar surface area (TPSA) is 101 Å². The Morgan fingerprint density at radius 3 is 2.59 bits per heavy atom. The van der Waals surface area contributed by atoms with Gasteiger partial charge in [0.1, 0.15) is 0 Å². The van der Waals surface area contributed by atoms with Crippen LogP contribution in [0.4, 0.5) is 5.69 Å². The van der Waals surface area contributed by atoms with Crippen LogP contribution in [0.15, 0.2) is 47.4 Å². The summed E-state index contributed by atoms with van der Waals surface area (Å²) in [4.78, 5) is 25.5. The van der Waals surface area contributed by atoms with Gasteiger partial charge < -0.3 is 4.90 Å². The second-order valence-electron chi connectivity index (χ2n) is 8.38. The maximum Gasteiger partial charge on any atom is 0.269 e. The number of rotatable bonds is 6. The Balaban J connectivity index is 1.91. The quantitative estimate of drug-likeness (QED) is 0.473. The molecule has 0 radical (unpaired) electrons. The van der Waals surface area contributed by atoms with Gasteiger partial charge in [-0.15, -0.1) is 0 Å². The number of non-ortho nitro benzene ring substituents is 1. The van der Waals surface area contributed by atoms with E-state index < -0.39 is 21.0 Å². The maximum absolute atomic E-state index is 13.3. The molecule has 9 heteroatoms. The first-order valence-corrected chi connectivity index (χ1v) is 12.1. The van der Waals surface area contributed by atoms with E-state index in [1.807, 2.05) is 6.92 Å². The molecule has 1 aliphatic rings. The number of aryl methyl sites for hydroxylation is 1. The summed E-state index contributed by atoms with van der Waals surface area (Å²) >= 11 is 0. The van der Waals surface area contributed by atoms with Gasteiger partial charge in [-0.3, -0.25) is 14.9 Å². The van der Waals surface area contributed by atoms with Crippen molar-refractivity contribution in [3.05, 3.63) is 69.3 Å². The number of hydrogen-bond donors (Lipinski definition) is 0. The maximum atomic E-state index is 13.3. The number of benzene rings is 2. The summed E-state index contributed by atoms with van der Waals surface area (Å²) < 4.78 is 28.0. The van der Waals surface area contributed by atoms with Crippen LogP contribution in [-0.4, -0.2) is 48.1 Å². The normalized spacial score (nSPS) is 18.2. The lowest BCUT2D eigenvalue weighted by Gasteiger charge is -2.32. The summed E-state index contributed by atoms with van der Waals surface area (Å²) in [5.74, 6) is -0.342. The second-order valence-corrected chi connectivity index (χ2v) is 10.3. The smallest absolute Gasteiger partial charge is 0.269 e. The fourth-order valence-electron chi connectivity index (χ4n) is 4.04. The molecule has 2 aromatic rings. The lowest BCUT2D eigenvalue weighted by Crippen LogP contribution is -2.42. The van der Waals surface area contributed by atoms with Crippen molar-refractivity contribution in [1.82, 2.24) is 9.21 Å². The highest BCUT2D eigenvalue weighted by Gasteiger charge is 2.32. The van der Waals surface area contributed by atoms with Crippen molar-refractivity contribution in [3.63, 3.8) is 0 Å². The zero-order valence-electron chi connectivity index (χ0n) is 18.8. The Labute approximate surface area is 189 Å². The molecule has 32 heavy (non-hydrogen) atoms. The molecule has 2 aromatic carbocycles. The summed E-state index contributed by atoms with van der Waals surface area (Å²) in [6.07, 6.45) is 2.65. The molecular formula is C23H29N3O5S. The van der Waals surface area contributed by atoms with Crippen molar-refractivity contribution < 1.29 is 18.1 Å². The van der Waals surface area contributed by atoms with Crippen molar-refractivity contribution in [1.29, 1.82) is 0 Å². The van der Waals surface area contributed by atoms with Gasteiger partial charge in [-0.2, -0.15) is 4.31 Å². The number of nitrogens with zero attached hydrogens (tertiary/aromatic N) is 3. The van der Waals surface area contributed by atoms with E-state index in [0.717, 1.165) is 19.3 Å². The van der Waals surface area contributed by atoms with Crippen LogP contribution in [0.5, 0.6) is 0 Å². The van der Waals surface area contributed by atoms with Crippen LogP contribution in [-0.2, 0) is 10.0 Å². The van der Waals surface area contributed by atoms with Crippen molar-refractivity contribution >= 4 is 21.6 Å². The first-order valence-electron chi connectivity index (χ1n) is 10.7. The average molecular weight is 460 g/mol. The van der Waals surface area contributed by atoms with E-state index in [2.05, 4.69) is 0 Å². The Morgan fingerprint density at radius 1 is 1.22 bits per heavy atom. The second kappa shape index (κ2) is 9.38. The molecule has 1 fully saturated rings. The number of nitro benzene ring substituents is 1. The van der Waals surface area contributed by atoms with Gasteiger partial charge in [0.05, 0.1) is 15.9 Å². The monoisotopic (exact) mass is 459 g/mol. The summed E-state index contributed by atoms with van der Waals surface area (Å²) in [6, 6.07) is 10.3. The third kappa shape index (κ3) is 4.68. The lowest BCUT2D eigenvalue weighted by molar-refractivity contribution is -0.384. The molecule has 1 saturated heterocycles. The van der Waals surface area contributed by atoms with Gasteiger partial charge in [0.15, 0.2) is 0 Å². The minimum absolute atomic E-state index is 0.0462. The minimum Gasteiger partial charge on any atom is -0.335 e. The van der Waals surface area contributed by atoms with Crippen LogP contribution in [0.3, 0.4) is 0 Å². The molecule has 8 nitrogen and oxygen atoms in total. The highest BCUT2D eigenvalue weighted by molar-refractivity contribution is 7.89. The van der Waals surface area contributed by atoms with Crippen molar-refractivity contribution in [2.75, 3.05) is 13.6 Å². The highest BCUT2D eigenvalue weighted by Crippen LogP contribution is 2.29. The summed E-state index contributed by atoms with van der Waals surface area (Å²) in [5, 5.41) is 11.1. The van der Waals surface area contributed by atoms with Crippen molar-refractivity contribution in [3.8, 4) is 0 Å². The molecule has 2 atom stereocenters. The van der Waals surface area contributed by atoms with Crippen molar-refractivity contribution in [2.45, 2.75) is 57.0 Å². The van der Waals surface area contributed by atoms with Gasteiger partial charge in [0.25, 0.3) is 11.6 Å². The van der Waals surface area contributed by atoms with Crippen LogP contribution >= 0.6 is 0 Å². The van der Waals surface area contributed by atoms with Gasteiger partial charge in [0, 0.05) is 37.3 Å². The molecule has 0 spiro atoms. The predicted molar refractivity (Wildman–Crippen MR) is 122 cm³/mol. The molecule has 0 N–H and O–H groups in total. The largest absolute Gasteiger partial charge is 0.335 e. The van der Waals surface area contributed by atoms with Crippen LogP contribution < -0.4 is 0 Å². The molecule has 3 rings (SSSR count). The van der Waals surface area contributed by atoms with Crippen molar-refractivity contribution in [2.24, 2.45) is 0 Å². The molecule has 1 amide bonds. The SMILES string of the molecule is Cc1ccc(S(=O)(=O)N2CCCCC2C)cc1C(=O)N(C)C(C)c1cccc([N+](=O)[O-])c1. The summed E-state index contributed by atoms with van der Waals surface area (Å²) in [6.45, 7) is 5.93. The Morgan fingerprint density at radius 2 is 1.94 bits per heavy atom. The molecule has 2 unspecified atom stereocenters. The fraction of sp³-hybridized carbons (Fsp3) is 0.435. The number of nitro groups is 1. The van der Waals surface area contributed by atoms with E-state index in [1.165, 1.54) is 27.4 Å². The zero-order valence-corrected chi connectivity index (χ0v) is 19.6. The number of amides is 1. The van der Waals surface area contributed by atoms with Crippen LogP contribution in [0, 0.1) is 17.0 Å². The number of hydrogen-bond acceptors (Lipinski definition) is 5. The molecule has 0 aliphatic carbocycles. The molecule has 0 saturated carbocycles. The average Bonchev–Trinajstić information content (AvgIpc) is 2.78. The van der Waals surface area contributed by atoms with E-state index in [9.17, 15) is 23.3 Å². The van der Waals surface area contributed by atoms with Gasteiger partial charge in [-0.25, -0.2) is 8.42 Å². The number of carbonyl (C=O) groups excluding carboxylic acids is 1. The molecule has 0 bridgehead atoms. The predicted octanol–water partition coefficient (Wildman–Crippen LogP) is 4.30. The lowest BCUT2D eigenvalue weighted by atomic mass is 10.0. The Bertz CT molecular complexity index is 1130. The van der Waals surface area contributed by atoms with E-state index in [4.69, 9.17) is 0 Å². The first-order chi connectivity index (χ1) is 15.0. The van der Waals surface area contributed by atoms with E-state index in [0.29, 0.717) is 23.2 Å². The first kappa shape index (κ1) is 23.9. The third-order valence-corrected chi connectivity index (χ3v) is 8.26. The van der Waals surface area contributed by atoms with Gasteiger partial charge in [-0.05, 0) is 56.9 Å². The van der Waals surface area contributed by atoms with Gasteiger partial charge in [-0.1, -0.05) is 24.6 Å². The summed E-state index contributed by atoms with van der Waals surface area (Å²) in [7, 11) is -2.10. The summed E-state index contributed by atoms with van der Waals surface area (Å²) in [5.41, 5.74) is 1.54. The molecule has 172 valence electrons. The van der Waals surface area contributed by atoms with Crippen LogP contribution in [0.2, 0.25) is 0 Å². The zero-order chi connectivity index (χ0) is 23.6. The highest BCUT2D eigenvalue weighted by atomic mass is 32.2. The number of piperidine rings is 1. The standard InChI is InChI=1S/C23H29N3O5S/c1-16-11-12-21(32(30,31)25-13-6-5-8-17(25)2)15-22(16)23(27)24(4)18(3)19-9-7-10-20(14-19)26(28)29/h7,9-12,14-15,17-18H,5-6,8,13H2,1-4H3. The number of sulfonamides is 1. The van der Waals surface area contributed by atoms with Crippen LogP contribution in [0.1, 0.15) is 60.6 Å². The molecule has 0 aromatic heterocycles. The van der Waals surface area contributed by atoms with Gasteiger partial charge in [0.2, 0.25) is 10.0 Å². The van der Waals surface area contributed by atoms with E-state index in [-0.39, 0.29) is 22.5 Å². The molecule has 1 heterocycles. The number of carbonyl (C=O) groups is 1. The molecular weight excluding hydrogens is 430 g/mol. The minimum atomic E-state index is -3.71. The van der Waals surface area contributed by atoms with E-state index >= 15 is 0 Å². The Hall–Kier alpha value is -2.78. The Kier molecular flexibility index (Phi) is 7.00. The van der Waals surface area contributed by atoms with Gasteiger partial charge >= 0.3 is 0 Å². The third-order valence-electron chi connectivity index (χ3n) is 6.25. The van der Waals surface area contributed by atoms with E-state index in [1.54, 1.807) is 45.2 Å². The molecule has 1 aliphatic heterocycles.